The molecule has 1 heteroatoms. The zero-order valence-corrected chi connectivity index (χ0v) is 21.2. The summed E-state index contributed by atoms with van der Waals surface area (Å²) in [5.41, 5.74) is 3.75. The first-order valence-corrected chi connectivity index (χ1v) is 13.7. The molecule has 0 aromatic rings. The van der Waals surface area contributed by atoms with Gasteiger partial charge in [-0.2, -0.15) is 0 Å². The summed E-state index contributed by atoms with van der Waals surface area (Å²) < 4.78 is 0. The van der Waals surface area contributed by atoms with E-state index < -0.39 is 0 Å². The van der Waals surface area contributed by atoms with Crippen molar-refractivity contribution in [2.45, 2.75) is 112 Å². The van der Waals surface area contributed by atoms with Crippen molar-refractivity contribution in [2.24, 2.45) is 51.2 Å². The monoisotopic (exact) mass is 424 g/mol. The van der Waals surface area contributed by atoms with Gasteiger partial charge in [-0.1, -0.05) is 65.3 Å². The van der Waals surface area contributed by atoms with E-state index in [0.29, 0.717) is 27.6 Å². The van der Waals surface area contributed by atoms with Crippen LogP contribution in [-0.4, -0.2) is 11.2 Å². The lowest BCUT2D eigenvalue weighted by molar-refractivity contribution is -0.0294. The van der Waals surface area contributed by atoms with Crippen molar-refractivity contribution in [1.82, 2.24) is 0 Å². The van der Waals surface area contributed by atoms with Crippen molar-refractivity contribution in [3.63, 3.8) is 0 Å². The van der Waals surface area contributed by atoms with Gasteiger partial charge in [-0.25, -0.2) is 0 Å². The zero-order chi connectivity index (χ0) is 22.2. The van der Waals surface area contributed by atoms with Gasteiger partial charge in [0.2, 0.25) is 0 Å². The molecule has 0 saturated heterocycles. The van der Waals surface area contributed by atoms with Crippen molar-refractivity contribution in [3.8, 4) is 0 Å². The summed E-state index contributed by atoms with van der Waals surface area (Å²) in [6.07, 6.45) is 20.8. The van der Waals surface area contributed by atoms with Gasteiger partial charge in [0.1, 0.15) is 0 Å². The quantitative estimate of drug-likeness (QED) is 0.444. The number of allylic oxidation sites excluding steroid dienone is 4. The highest BCUT2D eigenvalue weighted by Crippen LogP contribution is 2.83. The molecule has 5 aliphatic rings. The summed E-state index contributed by atoms with van der Waals surface area (Å²) >= 11 is 0. The normalized spacial score (nSPS) is 50.3. The molecule has 0 aromatic heterocycles. The molecule has 9 unspecified atom stereocenters. The van der Waals surface area contributed by atoms with Crippen LogP contribution in [0, 0.1) is 51.2 Å². The van der Waals surface area contributed by atoms with E-state index in [-0.39, 0.29) is 6.10 Å². The smallest absolute Gasteiger partial charge is 0.0546 e. The van der Waals surface area contributed by atoms with Crippen LogP contribution in [-0.2, 0) is 0 Å². The third-order valence-electron chi connectivity index (χ3n) is 12.1. The lowest BCUT2D eigenvalue weighted by Gasteiger charge is -2.57. The largest absolute Gasteiger partial charge is 0.393 e. The molecule has 1 N–H and O–H groups in total. The van der Waals surface area contributed by atoms with Crippen molar-refractivity contribution in [2.75, 3.05) is 0 Å². The van der Waals surface area contributed by atoms with Gasteiger partial charge in [0.05, 0.1) is 6.10 Å². The number of aliphatic hydroxyl groups excluding tert-OH is 1. The van der Waals surface area contributed by atoms with Crippen molar-refractivity contribution in [3.05, 3.63) is 23.8 Å². The third-order valence-corrected chi connectivity index (χ3v) is 12.1. The molecule has 0 radical (unpaired) electrons. The van der Waals surface area contributed by atoms with Gasteiger partial charge in [0, 0.05) is 0 Å². The van der Waals surface area contributed by atoms with Crippen LogP contribution in [0.1, 0.15) is 106 Å². The summed E-state index contributed by atoms with van der Waals surface area (Å²) in [4.78, 5) is 0. The average Bonchev–Trinajstić information content (AvgIpc) is 3.32. The standard InChI is InChI=1S/C30H48O/c1-7-22(20(2)3)9-8-21(4)24-11-14-28(6)25-13-16-29-18-23(31)10-17-30(29,19-29)26(25)12-15-27(24,28)5/h8-9,12,20-25,31H,7,10-11,13-19H2,1-6H3. The van der Waals surface area contributed by atoms with Crippen LogP contribution in [0.4, 0.5) is 0 Å². The Bertz CT molecular complexity index is 773. The van der Waals surface area contributed by atoms with Crippen LogP contribution in [0.15, 0.2) is 23.8 Å². The molecule has 0 aromatic carbocycles. The molecule has 4 saturated carbocycles. The number of fused-ring (bicyclic) bond motifs is 3. The van der Waals surface area contributed by atoms with E-state index in [1.54, 1.807) is 0 Å². The van der Waals surface area contributed by atoms with Crippen LogP contribution in [0.25, 0.3) is 0 Å². The lowest BCUT2D eigenvalue weighted by atomic mass is 9.47. The van der Waals surface area contributed by atoms with Crippen LogP contribution in [0.5, 0.6) is 0 Å². The number of hydrogen-bond acceptors (Lipinski definition) is 1. The predicted octanol–water partition coefficient (Wildman–Crippen LogP) is 7.94. The minimum absolute atomic E-state index is 0.0292. The van der Waals surface area contributed by atoms with E-state index in [2.05, 4.69) is 59.8 Å². The zero-order valence-electron chi connectivity index (χ0n) is 21.2. The molecule has 31 heavy (non-hydrogen) atoms. The fraction of sp³-hybridized carbons (Fsp3) is 0.867. The van der Waals surface area contributed by atoms with Crippen LogP contribution in [0.2, 0.25) is 0 Å². The highest BCUT2D eigenvalue weighted by molar-refractivity contribution is 5.41. The maximum Gasteiger partial charge on any atom is 0.0546 e. The summed E-state index contributed by atoms with van der Waals surface area (Å²) in [6.45, 7) is 14.9. The van der Waals surface area contributed by atoms with E-state index in [1.165, 1.54) is 51.4 Å². The van der Waals surface area contributed by atoms with E-state index in [0.717, 1.165) is 36.5 Å². The molecule has 9 atom stereocenters. The minimum Gasteiger partial charge on any atom is -0.393 e. The molecule has 5 aliphatic carbocycles. The second-order valence-corrected chi connectivity index (χ2v) is 13.4. The van der Waals surface area contributed by atoms with Gasteiger partial charge in [-0.05, 0) is 115 Å². The Morgan fingerprint density at radius 3 is 2.52 bits per heavy atom. The average molecular weight is 425 g/mol. The number of aliphatic hydroxyl groups is 1. The first-order valence-electron chi connectivity index (χ1n) is 13.7. The molecular weight excluding hydrogens is 376 g/mol. The molecule has 4 fully saturated rings. The number of rotatable bonds is 5. The van der Waals surface area contributed by atoms with E-state index in [4.69, 9.17) is 0 Å². The molecular formula is C30H48O. The molecule has 174 valence electrons. The van der Waals surface area contributed by atoms with Gasteiger partial charge >= 0.3 is 0 Å². The SMILES string of the molecule is CCC(C=CC(C)C1CCC2(C)C3CCC45CC(O)CCC4(C5)C3=CCC12C)C(C)C. The maximum absolute atomic E-state index is 10.4. The first kappa shape index (κ1) is 22.2. The Morgan fingerprint density at radius 1 is 1.03 bits per heavy atom. The summed E-state index contributed by atoms with van der Waals surface area (Å²) in [5.74, 6) is 3.77. The maximum atomic E-state index is 10.4. The molecule has 1 nitrogen and oxygen atoms in total. The fourth-order valence-electron chi connectivity index (χ4n) is 9.90. The Kier molecular flexibility index (Phi) is 5.18. The van der Waals surface area contributed by atoms with Crippen LogP contribution >= 0.6 is 0 Å². The lowest BCUT2D eigenvalue weighted by Crippen LogP contribution is -2.50. The summed E-state index contributed by atoms with van der Waals surface area (Å²) in [7, 11) is 0. The Labute approximate surface area is 192 Å². The van der Waals surface area contributed by atoms with Crippen LogP contribution < -0.4 is 0 Å². The molecule has 5 rings (SSSR count). The fourth-order valence-corrected chi connectivity index (χ4v) is 9.90. The number of hydrogen-bond donors (Lipinski definition) is 1. The highest BCUT2D eigenvalue weighted by Gasteiger charge is 2.75. The molecule has 0 amide bonds. The molecule has 0 bridgehead atoms. The second kappa shape index (κ2) is 7.22. The Balaban J connectivity index is 1.41. The Morgan fingerprint density at radius 2 is 1.81 bits per heavy atom. The van der Waals surface area contributed by atoms with E-state index >= 15 is 0 Å². The van der Waals surface area contributed by atoms with Crippen molar-refractivity contribution < 1.29 is 5.11 Å². The third kappa shape index (κ3) is 2.90. The van der Waals surface area contributed by atoms with Gasteiger partial charge in [0.25, 0.3) is 0 Å². The summed E-state index contributed by atoms with van der Waals surface area (Å²) in [5, 5.41) is 10.4. The van der Waals surface area contributed by atoms with Gasteiger partial charge in [0.15, 0.2) is 0 Å². The molecule has 0 aliphatic heterocycles. The van der Waals surface area contributed by atoms with Crippen molar-refractivity contribution in [1.29, 1.82) is 0 Å². The van der Waals surface area contributed by atoms with E-state index in [9.17, 15) is 5.11 Å². The second-order valence-electron chi connectivity index (χ2n) is 13.4. The van der Waals surface area contributed by atoms with E-state index in [1.807, 2.05) is 5.57 Å². The van der Waals surface area contributed by atoms with Crippen molar-refractivity contribution >= 4 is 0 Å². The topological polar surface area (TPSA) is 20.2 Å². The Hall–Kier alpha value is -0.560. The van der Waals surface area contributed by atoms with Crippen LogP contribution in [0.3, 0.4) is 0 Å². The highest BCUT2D eigenvalue weighted by atomic mass is 16.3. The predicted molar refractivity (Wildman–Crippen MR) is 131 cm³/mol. The molecule has 0 heterocycles. The van der Waals surface area contributed by atoms with Gasteiger partial charge in [-0.15, -0.1) is 0 Å². The molecule has 0 spiro atoms. The first-order chi connectivity index (χ1) is 14.6. The van der Waals surface area contributed by atoms with Gasteiger partial charge in [-0.3, -0.25) is 0 Å². The van der Waals surface area contributed by atoms with Gasteiger partial charge < -0.3 is 5.11 Å². The summed E-state index contributed by atoms with van der Waals surface area (Å²) in [6, 6.07) is 0. The minimum atomic E-state index is -0.0292.